The van der Waals surface area contributed by atoms with Crippen molar-refractivity contribution in [3.8, 4) is 22.1 Å². The molecule has 1 aliphatic rings. The number of halogens is 1. The molecule has 1 unspecified atom stereocenters. The van der Waals surface area contributed by atoms with Crippen molar-refractivity contribution >= 4 is 57.6 Å². The fourth-order valence-corrected chi connectivity index (χ4v) is 6.54. The molecule has 0 amide bonds. The monoisotopic (exact) mass is 556 g/mol. The number of hydrogen-bond acceptors (Lipinski definition) is 7. The van der Waals surface area contributed by atoms with Crippen LogP contribution >= 0.6 is 34.9 Å². The maximum Gasteiger partial charge on any atom is 0.239 e. The normalized spacial score (nSPS) is 15.5. The smallest absolute Gasteiger partial charge is 0.239 e. The molecule has 186 valence electrons. The number of hydrogen-bond donors (Lipinski definition) is 1. The van der Waals surface area contributed by atoms with E-state index in [0.717, 1.165) is 51.3 Å². The molecule has 0 saturated heterocycles. The summed E-state index contributed by atoms with van der Waals surface area (Å²) in [5, 5.41) is 11.8. The molecule has 2 aromatic heterocycles. The van der Waals surface area contributed by atoms with Crippen molar-refractivity contribution in [1.29, 1.82) is 0 Å². The van der Waals surface area contributed by atoms with E-state index in [2.05, 4.69) is 33.1 Å². The summed E-state index contributed by atoms with van der Waals surface area (Å²) in [6.07, 6.45) is 3.78. The van der Waals surface area contributed by atoms with Crippen LogP contribution in [0.3, 0.4) is 0 Å². The summed E-state index contributed by atoms with van der Waals surface area (Å²) >= 11 is 8.43. The number of aryl methyl sites for hydroxylation is 1. The predicted molar refractivity (Wildman–Crippen MR) is 153 cm³/mol. The molecule has 5 rings (SSSR count). The zero-order chi connectivity index (χ0) is 24.9. The van der Waals surface area contributed by atoms with Gasteiger partial charge in [-0.3, -0.25) is 9.29 Å². The fraction of sp³-hybridized carbons (Fsp3) is 0.231. The van der Waals surface area contributed by atoms with Crippen molar-refractivity contribution < 1.29 is 9.29 Å². The molecule has 10 heteroatoms. The molecule has 0 spiro atoms. The molecule has 0 saturated carbocycles. The number of thiophene rings is 1. The summed E-state index contributed by atoms with van der Waals surface area (Å²) in [4.78, 5) is 1.02. The quantitative estimate of drug-likeness (QED) is 0.144. The highest BCUT2D eigenvalue weighted by molar-refractivity contribution is 8.00. The van der Waals surface area contributed by atoms with Gasteiger partial charge in [-0.2, -0.15) is 0 Å². The predicted octanol–water partition coefficient (Wildman–Crippen LogP) is 6.50. The number of nitrogens with one attached hydrogen (secondary N) is 1. The Balaban J connectivity index is 1.45. The zero-order valence-electron chi connectivity index (χ0n) is 19.6. The van der Waals surface area contributed by atoms with Gasteiger partial charge in [0.2, 0.25) is 5.95 Å². The summed E-state index contributed by atoms with van der Waals surface area (Å²) in [5.74, 6) is 4.25. The van der Waals surface area contributed by atoms with Crippen LogP contribution in [-0.2, 0) is 17.6 Å². The van der Waals surface area contributed by atoms with E-state index >= 15 is 0 Å². The molecule has 0 radical (unpaired) electrons. The van der Waals surface area contributed by atoms with Crippen molar-refractivity contribution in [2.24, 2.45) is 0 Å². The Hall–Kier alpha value is -2.43. The Morgan fingerprint density at radius 2 is 2.06 bits per heavy atom. The first-order valence-electron chi connectivity index (χ1n) is 11.5. The van der Waals surface area contributed by atoms with E-state index < -0.39 is 11.2 Å². The Morgan fingerprint density at radius 3 is 2.78 bits per heavy atom. The third-order valence-corrected chi connectivity index (χ3v) is 8.93. The molecule has 1 atom stereocenters. The SMILES string of the molecule is COc1ccc(C2=CC[S+]([O-])CC2)cc1-n1c(NSCCc2ccc(Cl)cc2)nnc1-c1cccs1. The van der Waals surface area contributed by atoms with Crippen molar-refractivity contribution in [3.63, 3.8) is 0 Å². The molecule has 0 aliphatic carbocycles. The first-order chi connectivity index (χ1) is 17.6. The molecule has 1 aliphatic heterocycles. The van der Waals surface area contributed by atoms with E-state index in [9.17, 15) is 4.55 Å². The maximum atomic E-state index is 11.9. The molecule has 6 nitrogen and oxygen atoms in total. The molecule has 4 aromatic rings. The number of nitrogens with zero attached hydrogens (tertiary/aromatic N) is 3. The fourth-order valence-electron chi connectivity index (χ4n) is 4.01. The van der Waals surface area contributed by atoms with Gasteiger partial charge in [-0.25, -0.2) is 0 Å². The maximum absolute atomic E-state index is 11.9. The van der Waals surface area contributed by atoms with Crippen LogP contribution in [0.5, 0.6) is 5.75 Å². The third kappa shape index (κ3) is 5.76. The number of methoxy groups -OCH3 is 1. The van der Waals surface area contributed by atoms with E-state index in [0.29, 0.717) is 17.5 Å². The largest absolute Gasteiger partial charge is 0.616 e. The van der Waals surface area contributed by atoms with Crippen molar-refractivity contribution in [1.82, 2.24) is 14.8 Å². The Kier molecular flexibility index (Phi) is 8.23. The van der Waals surface area contributed by atoms with E-state index in [4.69, 9.17) is 16.3 Å². The number of rotatable bonds is 9. The van der Waals surface area contributed by atoms with Crippen molar-refractivity contribution in [2.75, 3.05) is 29.1 Å². The van der Waals surface area contributed by atoms with Crippen LogP contribution in [0.4, 0.5) is 5.95 Å². The number of allylic oxidation sites excluding steroid dienone is 1. The average molecular weight is 557 g/mol. The van der Waals surface area contributed by atoms with Crippen LogP contribution in [0.1, 0.15) is 17.5 Å². The standard InChI is InChI=1S/C26H25ClN4O2S3/c1-33-23-9-6-20(19-11-15-36(32)16-12-19)17-22(23)31-25(24-3-2-13-34-24)28-29-26(31)30-35-14-10-18-4-7-21(27)8-5-18/h2-9,11,13,17H,10,12,14-16H2,1H3,(H,29,30). The lowest BCUT2D eigenvalue weighted by Gasteiger charge is -2.19. The first-order valence-corrected chi connectivity index (χ1v) is 15.2. The first kappa shape index (κ1) is 25.2. The highest BCUT2D eigenvalue weighted by Crippen LogP contribution is 2.36. The Labute approximate surface area is 227 Å². The number of anilines is 1. The van der Waals surface area contributed by atoms with Gasteiger partial charge in [-0.15, -0.1) is 21.5 Å². The van der Waals surface area contributed by atoms with Crippen LogP contribution in [0.2, 0.25) is 5.02 Å². The summed E-state index contributed by atoms with van der Waals surface area (Å²) in [6, 6.07) is 18.1. The zero-order valence-corrected chi connectivity index (χ0v) is 22.9. The summed E-state index contributed by atoms with van der Waals surface area (Å²) in [6.45, 7) is 0. The second kappa shape index (κ2) is 11.7. The minimum Gasteiger partial charge on any atom is -0.616 e. The Bertz CT molecular complexity index is 1340. The minimum absolute atomic E-state index is 0.598. The summed E-state index contributed by atoms with van der Waals surface area (Å²) < 4.78 is 23.0. The van der Waals surface area contributed by atoms with E-state index in [-0.39, 0.29) is 0 Å². The van der Waals surface area contributed by atoms with Gasteiger partial charge >= 0.3 is 0 Å². The second-order valence-electron chi connectivity index (χ2n) is 8.16. The van der Waals surface area contributed by atoms with Crippen molar-refractivity contribution in [3.05, 3.63) is 82.2 Å². The molecule has 1 N–H and O–H groups in total. The molecule has 2 aromatic carbocycles. The topological polar surface area (TPSA) is 75.0 Å². The lowest BCUT2D eigenvalue weighted by molar-refractivity contribution is 0.413. The average Bonchev–Trinajstić information content (AvgIpc) is 3.58. The lowest BCUT2D eigenvalue weighted by Crippen LogP contribution is -2.15. The van der Waals surface area contributed by atoms with Crippen LogP contribution in [0.25, 0.3) is 22.0 Å². The molecule has 0 bridgehead atoms. The van der Waals surface area contributed by atoms with Gasteiger partial charge in [0.15, 0.2) is 5.82 Å². The highest BCUT2D eigenvalue weighted by atomic mass is 35.5. The number of ether oxygens (including phenoxy) is 1. The lowest BCUT2D eigenvalue weighted by atomic mass is 10.0. The Morgan fingerprint density at radius 1 is 1.19 bits per heavy atom. The highest BCUT2D eigenvalue weighted by Gasteiger charge is 2.22. The van der Waals surface area contributed by atoms with Gasteiger partial charge in [-0.05, 0) is 88.0 Å². The van der Waals surface area contributed by atoms with Crippen LogP contribution in [-0.4, -0.2) is 43.7 Å². The van der Waals surface area contributed by atoms with Gasteiger partial charge in [0.25, 0.3) is 0 Å². The molecule has 0 fully saturated rings. The van der Waals surface area contributed by atoms with Crippen LogP contribution in [0, 0.1) is 0 Å². The van der Waals surface area contributed by atoms with Gasteiger partial charge in [0, 0.05) is 17.2 Å². The summed E-state index contributed by atoms with van der Waals surface area (Å²) in [5.41, 5.74) is 4.38. The van der Waals surface area contributed by atoms with E-state index in [1.165, 1.54) is 11.1 Å². The van der Waals surface area contributed by atoms with Gasteiger partial charge < -0.3 is 9.29 Å². The van der Waals surface area contributed by atoms with Gasteiger partial charge in [0.1, 0.15) is 17.3 Å². The molecular weight excluding hydrogens is 532 g/mol. The van der Waals surface area contributed by atoms with Crippen LogP contribution < -0.4 is 9.46 Å². The molecular formula is C26H25ClN4O2S3. The summed E-state index contributed by atoms with van der Waals surface area (Å²) in [7, 11) is 1.67. The molecule has 3 heterocycles. The van der Waals surface area contributed by atoms with Gasteiger partial charge in [-0.1, -0.05) is 35.9 Å². The van der Waals surface area contributed by atoms with E-state index in [1.54, 1.807) is 30.4 Å². The van der Waals surface area contributed by atoms with Crippen LogP contribution in [0.15, 0.2) is 66.1 Å². The van der Waals surface area contributed by atoms with Crippen molar-refractivity contribution in [2.45, 2.75) is 12.8 Å². The third-order valence-electron chi connectivity index (χ3n) is 5.88. The number of aromatic nitrogens is 3. The second-order valence-corrected chi connectivity index (χ2v) is 12.1. The number of benzene rings is 2. The van der Waals surface area contributed by atoms with Gasteiger partial charge in [0.05, 0.1) is 17.7 Å². The minimum atomic E-state index is -0.767. The molecule has 36 heavy (non-hydrogen) atoms. The van der Waals surface area contributed by atoms with E-state index in [1.807, 2.05) is 52.4 Å².